The summed E-state index contributed by atoms with van der Waals surface area (Å²) in [5, 5.41) is 9.47. The molecule has 0 aliphatic heterocycles. The quantitative estimate of drug-likeness (QED) is 0.170. The summed E-state index contributed by atoms with van der Waals surface area (Å²) < 4.78 is 5.30. The molecule has 1 rings (SSSR count). The van der Waals surface area contributed by atoms with Gasteiger partial charge in [-0.15, -0.1) is 0 Å². The molecular weight excluding hydrogens is 386 g/mol. The second-order valence-electron chi connectivity index (χ2n) is 8.95. The van der Waals surface area contributed by atoms with Gasteiger partial charge in [-0.1, -0.05) is 115 Å². The number of rotatable bonds is 20. The van der Waals surface area contributed by atoms with Crippen molar-refractivity contribution < 1.29 is 14.6 Å². The van der Waals surface area contributed by atoms with Crippen LogP contribution in [0.25, 0.3) is 0 Å². The van der Waals surface area contributed by atoms with Gasteiger partial charge in [0.1, 0.15) is 11.8 Å². The fourth-order valence-corrected chi connectivity index (χ4v) is 3.95. The molecule has 0 aliphatic rings. The number of carbonyl (C=O) groups excluding carboxylic acids is 1. The van der Waals surface area contributed by atoms with Gasteiger partial charge in [-0.2, -0.15) is 0 Å². The lowest BCUT2D eigenvalue weighted by molar-refractivity contribution is -0.145. The van der Waals surface area contributed by atoms with Crippen LogP contribution in [0.2, 0.25) is 0 Å². The van der Waals surface area contributed by atoms with Crippen LogP contribution < -0.4 is 5.73 Å². The first-order valence-electron chi connectivity index (χ1n) is 12.8. The molecule has 0 bridgehead atoms. The van der Waals surface area contributed by atoms with E-state index in [1.165, 1.54) is 89.9 Å². The van der Waals surface area contributed by atoms with E-state index in [4.69, 9.17) is 10.5 Å². The summed E-state index contributed by atoms with van der Waals surface area (Å²) >= 11 is 0. The van der Waals surface area contributed by atoms with Crippen LogP contribution in [0.1, 0.15) is 115 Å². The van der Waals surface area contributed by atoms with Crippen LogP contribution >= 0.6 is 0 Å². The van der Waals surface area contributed by atoms with Crippen molar-refractivity contribution >= 4 is 5.97 Å². The highest BCUT2D eigenvalue weighted by molar-refractivity contribution is 5.75. The van der Waals surface area contributed by atoms with E-state index in [0.717, 1.165) is 18.4 Å². The Hall–Kier alpha value is -1.55. The van der Waals surface area contributed by atoms with E-state index in [-0.39, 0.29) is 11.7 Å². The van der Waals surface area contributed by atoms with Gasteiger partial charge in [0.2, 0.25) is 0 Å². The number of ether oxygens (including phenoxy) is 1. The third-order valence-corrected chi connectivity index (χ3v) is 5.91. The Balaban J connectivity index is 1.84. The van der Waals surface area contributed by atoms with Crippen LogP contribution in [-0.4, -0.2) is 23.7 Å². The number of phenolic OH excluding ortho intramolecular Hbond substituents is 1. The molecule has 31 heavy (non-hydrogen) atoms. The normalized spacial score (nSPS) is 12.1. The number of aromatic hydroxyl groups is 1. The van der Waals surface area contributed by atoms with Crippen molar-refractivity contribution in [3.8, 4) is 5.75 Å². The number of hydrogen-bond acceptors (Lipinski definition) is 4. The Kier molecular flexibility index (Phi) is 17.0. The first-order chi connectivity index (χ1) is 15.1. The third-order valence-electron chi connectivity index (χ3n) is 5.91. The number of carbonyl (C=O) groups is 1. The van der Waals surface area contributed by atoms with Gasteiger partial charge in [-0.05, 0) is 30.5 Å². The molecule has 0 radical (unpaired) electrons. The molecule has 1 aromatic rings. The number of hydrogen-bond donors (Lipinski definition) is 2. The van der Waals surface area contributed by atoms with Crippen LogP contribution in [0.4, 0.5) is 0 Å². The molecule has 0 heterocycles. The summed E-state index contributed by atoms with van der Waals surface area (Å²) in [6.07, 6.45) is 21.6. The Labute approximate surface area is 191 Å². The first kappa shape index (κ1) is 27.5. The zero-order chi connectivity index (χ0) is 22.6. The summed E-state index contributed by atoms with van der Waals surface area (Å²) in [6, 6.07) is 6.15. The molecule has 3 N–H and O–H groups in total. The van der Waals surface area contributed by atoms with E-state index in [1.54, 1.807) is 18.2 Å². The van der Waals surface area contributed by atoms with Gasteiger partial charge in [0, 0.05) is 0 Å². The van der Waals surface area contributed by atoms with Crippen molar-refractivity contribution in [2.75, 3.05) is 6.61 Å². The minimum absolute atomic E-state index is 0.186. The average Bonchev–Trinajstić information content (AvgIpc) is 2.75. The predicted octanol–water partition coefficient (Wildman–Crippen LogP) is 7.07. The highest BCUT2D eigenvalue weighted by atomic mass is 16.5. The van der Waals surface area contributed by atoms with Crippen LogP contribution in [-0.2, 0) is 16.0 Å². The van der Waals surface area contributed by atoms with Crippen LogP contribution in [0.5, 0.6) is 5.75 Å². The van der Waals surface area contributed by atoms with E-state index in [0.29, 0.717) is 13.0 Å². The molecule has 0 spiro atoms. The predicted molar refractivity (Wildman–Crippen MR) is 130 cm³/mol. The molecule has 0 saturated heterocycles. The number of esters is 1. The van der Waals surface area contributed by atoms with Gasteiger partial charge in [0.25, 0.3) is 0 Å². The smallest absolute Gasteiger partial charge is 0.323 e. The molecule has 178 valence electrons. The minimum Gasteiger partial charge on any atom is -0.508 e. The van der Waals surface area contributed by atoms with E-state index >= 15 is 0 Å². The van der Waals surface area contributed by atoms with Crippen molar-refractivity contribution in [2.24, 2.45) is 5.73 Å². The number of benzene rings is 1. The standard InChI is InChI=1S/C27H47NO3/c1-2-3-4-5-6-7-8-9-10-11-12-13-14-15-16-17-21-31-27(30)26(28)23-24-19-18-20-25(29)22-24/h18-20,22,26,29H,2-17,21,23,28H2,1H3/t26-/m0/s1. The zero-order valence-corrected chi connectivity index (χ0v) is 20.0. The molecule has 0 aromatic heterocycles. The van der Waals surface area contributed by atoms with Gasteiger partial charge in [0.15, 0.2) is 0 Å². The largest absolute Gasteiger partial charge is 0.508 e. The van der Waals surface area contributed by atoms with Crippen LogP contribution in [0, 0.1) is 0 Å². The summed E-state index contributed by atoms with van der Waals surface area (Å²) in [6.45, 7) is 2.72. The van der Waals surface area contributed by atoms with Crippen molar-refractivity contribution in [3.05, 3.63) is 29.8 Å². The number of nitrogens with two attached hydrogens (primary N) is 1. The monoisotopic (exact) mass is 433 g/mol. The van der Waals surface area contributed by atoms with Crippen molar-refractivity contribution in [3.63, 3.8) is 0 Å². The molecule has 0 fully saturated rings. The topological polar surface area (TPSA) is 72.5 Å². The maximum Gasteiger partial charge on any atom is 0.323 e. The van der Waals surface area contributed by atoms with E-state index in [9.17, 15) is 9.90 Å². The summed E-state index contributed by atoms with van der Waals surface area (Å²) in [5.41, 5.74) is 6.75. The summed E-state index contributed by atoms with van der Waals surface area (Å²) in [4.78, 5) is 12.0. The lowest BCUT2D eigenvalue weighted by Crippen LogP contribution is -2.34. The minimum atomic E-state index is -0.678. The fourth-order valence-electron chi connectivity index (χ4n) is 3.95. The van der Waals surface area contributed by atoms with Crippen molar-refractivity contribution in [2.45, 2.75) is 122 Å². The number of phenols is 1. The average molecular weight is 434 g/mol. The Morgan fingerprint density at radius 2 is 1.32 bits per heavy atom. The second kappa shape index (κ2) is 19.2. The molecule has 1 atom stereocenters. The highest BCUT2D eigenvalue weighted by Crippen LogP contribution is 2.14. The van der Waals surface area contributed by atoms with Gasteiger partial charge in [-0.25, -0.2) is 0 Å². The molecule has 0 unspecified atom stereocenters. The third kappa shape index (κ3) is 15.8. The van der Waals surface area contributed by atoms with Gasteiger partial charge in [0.05, 0.1) is 6.61 Å². The Morgan fingerprint density at radius 3 is 1.81 bits per heavy atom. The summed E-state index contributed by atoms with van der Waals surface area (Å²) in [7, 11) is 0. The highest BCUT2D eigenvalue weighted by Gasteiger charge is 2.15. The molecule has 1 aromatic carbocycles. The molecule has 4 heteroatoms. The van der Waals surface area contributed by atoms with Gasteiger partial charge in [-0.3, -0.25) is 4.79 Å². The number of unbranched alkanes of at least 4 members (excludes halogenated alkanes) is 15. The maximum atomic E-state index is 12.0. The first-order valence-corrected chi connectivity index (χ1v) is 12.8. The van der Waals surface area contributed by atoms with Crippen LogP contribution in [0.15, 0.2) is 24.3 Å². The lowest BCUT2D eigenvalue weighted by atomic mass is 10.0. The molecule has 0 saturated carbocycles. The van der Waals surface area contributed by atoms with Gasteiger partial charge < -0.3 is 15.6 Å². The SMILES string of the molecule is CCCCCCCCCCCCCCCCCCOC(=O)[C@@H](N)Cc1cccc(O)c1. The molecule has 0 aliphatic carbocycles. The summed E-state index contributed by atoms with van der Waals surface area (Å²) in [5.74, 6) is -0.171. The zero-order valence-electron chi connectivity index (χ0n) is 20.0. The molecule has 0 amide bonds. The molecule has 4 nitrogen and oxygen atoms in total. The Bertz CT molecular complexity index is 561. The van der Waals surface area contributed by atoms with Gasteiger partial charge >= 0.3 is 5.97 Å². The lowest BCUT2D eigenvalue weighted by Gasteiger charge is -2.12. The van der Waals surface area contributed by atoms with E-state index in [1.807, 2.05) is 6.07 Å². The van der Waals surface area contributed by atoms with E-state index in [2.05, 4.69) is 6.92 Å². The van der Waals surface area contributed by atoms with Crippen LogP contribution in [0.3, 0.4) is 0 Å². The van der Waals surface area contributed by atoms with Crippen molar-refractivity contribution in [1.29, 1.82) is 0 Å². The van der Waals surface area contributed by atoms with Crippen molar-refractivity contribution in [1.82, 2.24) is 0 Å². The Morgan fingerprint density at radius 1 is 0.839 bits per heavy atom. The molecular formula is C27H47NO3. The second-order valence-corrected chi connectivity index (χ2v) is 8.95. The van der Waals surface area contributed by atoms with E-state index < -0.39 is 6.04 Å². The fraction of sp³-hybridized carbons (Fsp3) is 0.741. The maximum absolute atomic E-state index is 12.0.